The maximum atomic E-state index is 11.9. The third-order valence-electron chi connectivity index (χ3n) is 3.54. The number of amides is 1. The summed E-state index contributed by atoms with van der Waals surface area (Å²) in [4.78, 5) is 11.9. The van der Waals surface area contributed by atoms with Gasteiger partial charge in [0.05, 0.1) is 17.4 Å². The fourth-order valence-electron chi connectivity index (χ4n) is 2.25. The van der Waals surface area contributed by atoms with Gasteiger partial charge in [0.1, 0.15) is 0 Å². The summed E-state index contributed by atoms with van der Waals surface area (Å²) in [5.41, 5.74) is 8.05. The largest absolute Gasteiger partial charge is 0.331 e. The summed E-state index contributed by atoms with van der Waals surface area (Å²) in [7, 11) is -3.08. The van der Waals surface area contributed by atoms with Crippen LogP contribution in [0, 0.1) is 19.8 Å². The fraction of sp³-hybridized carbons (Fsp3) is 0.429. The number of anilines is 1. The summed E-state index contributed by atoms with van der Waals surface area (Å²) in [6.45, 7) is 3.93. The molecule has 120 valence electrons. The molecule has 0 radical (unpaired) electrons. The molecule has 0 spiro atoms. The third kappa shape index (κ3) is 4.41. The average molecular weight is 341 g/mol. The standard InChI is InChI=1S/C14H19N3O3S2/c1-9-3-4-10(2)12(7-9)15-14(21)17-16-13(18)11-5-6-22(19,20)8-11/h3-4,7,11H,5-6,8H2,1-2H3,(H,16,18)(H2,15,17,21)/t11-/m0/s1. The molecule has 1 aromatic rings. The van der Waals surface area contributed by atoms with Crippen LogP contribution in [0.3, 0.4) is 0 Å². The molecule has 1 aliphatic heterocycles. The molecule has 1 saturated heterocycles. The van der Waals surface area contributed by atoms with Crippen LogP contribution in [0.25, 0.3) is 0 Å². The molecular weight excluding hydrogens is 322 g/mol. The van der Waals surface area contributed by atoms with Crippen molar-refractivity contribution >= 4 is 38.8 Å². The van der Waals surface area contributed by atoms with Crippen molar-refractivity contribution in [1.82, 2.24) is 10.9 Å². The van der Waals surface area contributed by atoms with Crippen LogP contribution in [0.2, 0.25) is 0 Å². The highest BCUT2D eigenvalue weighted by molar-refractivity contribution is 7.91. The molecule has 3 N–H and O–H groups in total. The van der Waals surface area contributed by atoms with Crippen molar-refractivity contribution < 1.29 is 13.2 Å². The molecule has 1 heterocycles. The average Bonchev–Trinajstić information content (AvgIpc) is 2.80. The van der Waals surface area contributed by atoms with E-state index >= 15 is 0 Å². The predicted molar refractivity (Wildman–Crippen MR) is 90.2 cm³/mol. The molecule has 6 nitrogen and oxygen atoms in total. The van der Waals surface area contributed by atoms with Gasteiger partial charge in [-0.3, -0.25) is 15.6 Å². The maximum absolute atomic E-state index is 11.9. The lowest BCUT2D eigenvalue weighted by atomic mass is 10.1. The molecule has 1 atom stereocenters. The Morgan fingerprint density at radius 2 is 2.00 bits per heavy atom. The van der Waals surface area contributed by atoms with E-state index in [2.05, 4.69) is 16.2 Å². The molecule has 0 aliphatic carbocycles. The van der Waals surface area contributed by atoms with Gasteiger partial charge in [-0.25, -0.2) is 8.42 Å². The van der Waals surface area contributed by atoms with E-state index in [0.29, 0.717) is 6.42 Å². The number of hydrogen-bond donors (Lipinski definition) is 3. The van der Waals surface area contributed by atoms with Crippen LogP contribution in [0.5, 0.6) is 0 Å². The number of benzene rings is 1. The van der Waals surface area contributed by atoms with Crippen LogP contribution in [-0.4, -0.2) is 30.9 Å². The van der Waals surface area contributed by atoms with Gasteiger partial charge in [0.25, 0.3) is 0 Å². The summed E-state index contributed by atoms with van der Waals surface area (Å²) in [6.07, 6.45) is 0.354. The molecule has 1 amide bonds. The Labute approximate surface area is 135 Å². The lowest BCUT2D eigenvalue weighted by Crippen LogP contribution is -2.46. The lowest BCUT2D eigenvalue weighted by Gasteiger charge is -2.15. The molecule has 22 heavy (non-hydrogen) atoms. The molecule has 1 aliphatic rings. The number of carbonyl (C=O) groups excluding carboxylic acids is 1. The number of sulfone groups is 1. The number of carbonyl (C=O) groups is 1. The van der Waals surface area contributed by atoms with Crippen LogP contribution in [-0.2, 0) is 14.6 Å². The molecule has 0 saturated carbocycles. The normalized spacial score (nSPS) is 19.5. The molecule has 0 bridgehead atoms. The summed E-state index contributed by atoms with van der Waals surface area (Å²) in [6, 6.07) is 5.93. The van der Waals surface area contributed by atoms with Crippen LogP contribution in [0.4, 0.5) is 5.69 Å². The van der Waals surface area contributed by atoms with E-state index in [4.69, 9.17) is 12.2 Å². The Bertz CT molecular complexity index is 701. The zero-order chi connectivity index (χ0) is 16.3. The van der Waals surface area contributed by atoms with Gasteiger partial charge in [-0.05, 0) is 49.7 Å². The summed E-state index contributed by atoms with van der Waals surface area (Å²) in [5.74, 6) is -0.902. The first-order chi connectivity index (χ1) is 10.3. The zero-order valence-corrected chi connectivity index (χ0v) is 14.1. The highest BCUT2D eigenvalue weighted by Crippen LogP contribution is 2.18. The Kier molecular flexibility index (Phi) is 5.02. The molecule has 8 heteroatoms. The SMILES string of the molecule is Cc1ccc(C)c(NC(=S)NNC(=O)[C@H]2CCS(=O)(=O)C2)c1. The van der Waals surface area contributed by atoms with Crippen molar-refractivity contribution in [3.8, 4) is 0 Å². The third-order valence-corrected chi connectivity index (χ3v) is 5.52. The first kappa shape index (κ1) is 16.7. The minimum Gasteiger partial charge on any atom is -0.331 e. The minimum absolute atomic E-state index is 0.0657. The van der Waals surface area contributed by atoms with E-state index in [1.54, 1.807) is 0 Å². The topological polar surface area (TPSA) is 87.3 Å². The van der Waals surface area contributed by atoms with Crippen molar-refractivity contribution in [3.63, 3.8) is 0 Å². The quantitative estimate of drug-likeness (QED) is 0.551. The van der Waals surface area contributed by atoms with Gasteiger partial charge < -0.3 is 5.32 Å². The van der Waals surface area contributed by atoms with E-state index < -0.39 is 15.8 Å². The summed E-state index contributed by atoms with van der Waals surface area (Å²) >= 11 is 5.12. The first-order valence-electron chi connectivity index (χ1n) is 6.91. The van der Waals surface area contributed by atoms with E-state index in [1.807, 2.05) is 32.0 Å². The van der Waals surface area contributed by atoms with Gasteiger partial charge in [0.15, 0.2) is 14.9 Å². The van der Waals surface area contributed by atoms with Gasteiger partial charge in [-0.15, -0.1) is 0 Å². The molecule has 2 rings (SSSR count). The molecule has 0 unspecified atom stereocenters. The van der Waals surface area contributed by atoms with Crippen LogP contribution in [0.1, 0.15) is 17.5 Å². The molecule has 0 aromatic heterocycles. The van der Waals surface area contributed by atoms with Crippen molar-refractivity contribution in [1.29, 1.82) is 0 Å². The number of hydrazine groups is 1. The van der Waals surface area contributed by atoms with E-state index in [1.165, 1.54) is 0 Å². The highest BCUT2D eigenvalue weighted by atomic mass is 32.2. The number of rotatable bonds is 2. The molecular formula is C14H19N3O3S2. The van der Waals surface area contributed by atoms with Crippen molar-refractivity contribution in [3.05, 3.63) is 29.3 Å². The van der Waals surface area contributed by atoms with E-state index in [-0.39, 0.29) is 22.5 Å². The predicted octanol–water partition coefficient (Wildman–Crippen LogP) is 1.06. The van der Waals surface area contributed by atoms with Crippen LogP contribution in [0.15, 0.2) is 18.2 Å². The van der Waals surface area contributed by atoms with Gasteiger partial charge in [-0.1, -0.05) is 12.1 Å². The first-order valence-corrected chi connectivity index (χ1v) is 9.14. The van der Waals surface area contributed by atoms with Crippen molar-refractivity contribution in [2.24, 2.45) is 5.92 Å². The Morgan fingerprint density at radius 3 is 2.64 bits per heavy atom. The van der Waals surface area contributed by atoms with Crippen LogP contribution >= 0.6 is 12.2 Å². The monoisotopic (exact) mass is 341 g/mol. The second-order valence-electron chi connectivity index (χ2n) is 5.49. The number of hydrogen-bond acceptors (Lipinski definition) is 4. The highest BCUT2D eigenvalue weighted by Gasteiger charge is 2.32. The lowest BCUT2D eigenvalue weighted by molar-refractivity contribution is -0.124. The number of aryl methyl sites for hydroxylation is 2. The van der Waals surface area contributed by atoms with Crippen LogP contribution < -0.4 is 16.2 Å². The van der Waals surface area contributed by atoms with Gasteiger partial charge in [0.2, 0.25) is 5.91 Å². The van der Waals surface area contributed by atoms with Gasteiger partial charge in [0, 0.05) is 5.69 Å². The second kappa shape index (κ2) is 6.62. The molecule has 1 aromatic carbocycles. The van der Waals surface area contributed by atoms with Crippen molar-refractivity contribution in [2.75, 3.05) is 16.8 Å². The Hall–Kier alpha value is -1.67. The van der Waals surface area contributed by atoms with E-state index in [0.717, 1.165) is 16.8 Å². The zero-order valence-electron chi connectivity index (χ0n) is 12.5. The minimum atomic E-state index is -3.08. The second-order valence-corrected chi connectivity index (χ2v) is 8.12. The maximum Gasteiger partial charge on any atom is 0.242 e. The Balaban J connectivity index is 1.85. The Morgan fingerprint density at radius 1 is 1.27 bits per heavy atom. The molecule has 1 fully saturated rings. The van der Waals surface area contributed by atoms with Crippen molar-refractivity contribution in [2.45, 2.75) is 20.3 Å². The number of nitrogens with one attached hydrogen (secondary N) is 3. The summed E-state index contributed by atoms with van der Waals surface area (Å²) < 4.78 is 22.7. The summed E-state index contributed by atoms with van der Waals surface area (Å²) in [5, 5.41) is 3.25. The smallest absolute Gasteiger partial charge is 0.242 e. The van der Waals surface area contributed by atoms with E-state index in [9.17, 15) is 13.2 Å². The van der Waals surface area contributed by atoms with Gasteiger partial charge >= 0.3 is 0 Å². The van der Waals surface area contributed by atoms with Gasteiger partial charge in [-0.2, -0.15) is 0 Å². The number of thiocarbonyl (C=S) groups is 1. The fourth-order valence-corrected chi connectivity index (χ4v) is 4.15.